The second kappa shape index (κ2) is 4.76. The van der Waals surface area contributed by atoms with Gasteiger partial charge in [0.1, 0.15) is 5.60 Å². The Labute approximate surface area is 124 Å². The molecular weight excluding hydrogens is 266 g/mol. The lowest BCUT2D eigenvalue weighted by Gasteiger charge is -2.39. The summed E-state index contributed by atoms with van der Waals surface area (Å²) in [5, 5.41) is 5.74. The van der Waals surface area contributed by atoms with Gasteiger partial charge >= 0.3 is 6.09 Å². The third-order valence-electron chi connectivity index (χ3n) is 3.57. The van der Waals surface area contributed by atoms with E-state index in [0.717, 1.165) is 10.9 Å². The SMILES string of the molecule is Cc1ccc2cn(C3CN(C(=O)OC(C)(C)C)C3)nc2c1. The Hall–Kier alpha value is -2.04. The molecule has 2 aromatic rings. The van der Waals surface area contributed by atoms with Crippen molar-refractivity contribution >= 4 is 17.0 Å². The van der Waals surface area contributed by atoms with Gasteiger partial charge < -0.3 is 9.64 Å². The van der Waals surface area contributed by atoms with E-state index >= 15 is 0 Å². The van der Waals surface area contributed by atoms with E-state index < -0.39 is 5.60 Å². The summed E-state index contributed by atoms with van der Waals surface area (Å²) in [6.45, 7) is 9.01. The van der Waals surface area contributed by atoms with E-state index in [1.807, 2.05) is 31.6 Å². The quantitative estimate of drug-likeness (QED) is 0.809. The van der Waals surface area contributed by atoms with Gasteiger partial charge in [0, 0.05) is 24.7 Å². The molecule has 0 aliphatic carbocycles. The highest BCUT2D eigenvalue weighted by atomic mass is 16.6. The molecule has 5 heteroatoms. The van der Waals surface area contributed by atoms with Crippen molar-refractivity contribution in [3.8, 4) is 0 Å². The van der Waals surface area contributed by atoms with Crippen LogP contribution < -0.4 is 0 Å². The number of rotatable bonds is 1. The maximum absolute atomic E-state index is 11.9. The van der Waals surface area contributed by atoms with Crippen molar-refractivity contribution < 1.29 is 9.53 Å². The van der Waals surface area contributed by atoms with Gasteiger partial charge in [0.2, 0.25) is 0 Å². The number of aryl methyl sites for hydroxylation is 1. The van der Waals surface area contributed by atoms with Crippen LogP contribution in [0.2, 0.25) is 0 Å². The molecule has 1 aromatic heterocycles. The summed E-state index contributed by atoms with van der Waals surface area (Å²) in [6, 6.07) is 6.49. The highest BCUT2D eigenvalue weighted by molar-refractivity contribution is 5.78. The molecule has 1 aliphatic heterocycles. The predicted octanol–water partition coefficient (Wildman–Crippen LogP) is 3.14. The number of benzene rings is 1. The molecule has 3 rings (SSSR count). The van der Waals surface area contributed by atoms with Gasteiger partial charge in [0.25, 0.3) is 0 Å². The number of hydrogen-bond acceptors (Lipinski definition) is 3. The molecule has 1 saturated heterocycles. The van der Waals surface area contributed by atoms with Crippen LogP contribution in [0.4, 0.5) is 4.79 Å². The fraction of sp³-hybridized carbons (Fsp3) is 0.500. The Morgan fingerprint density at radius 2 is 2.05 bits per heavy atom. The molecular formula is C16H21N3O2. The Morgan fingerprint density at radius 1 is 1.33 bits per heavy atom. The second-order valence-electron chi connectivity index (χ2n) is 6.71. The van der Waals surface area contributed by atoms with Crippen LogP contribution in [0.3, 0.4) is 0 Å². The number of nitrogens with zero attached hydrogens (tertiary/aromatic N) is 3. The van der Waals surface area contributed by atoms with Crippen molar-refractivity contribution in [3.05, 3.63) is 30.0 Å². The number of aromatic nitrogens is 2. The van der Waals surface area contributed by atoms with Crippen molar-refractivity contribution in [1.29, 1.82) is 0 Å². The van der Waals surface area contributed by atoms with Crippen molar-refractivity contribution in [3.63, 3.8) is 0 Å². The van der Waals surface area contributed by atoms with Gasteiger partial charge in [-0.3, -0.25) is 4.68 Å². The van der Waals surface area contributed by atoms with Crippen molar-refractivity contribution in [2.24, 2.45) is 0 Å². The van der Waals surface area contributed by atoms with Crippen molar-refractivity contribution in [1.82, 2.24) is 14.7 Å². The van der Waals surface area contributed by atoms with Gasteiger partial charge in [-0.25, -0.2) is 4.79 Å². The van der Waals surface area contributed by atoms with Crippen LogP contribution >= 0.6 is 0 Å². The Bertz CT molecular complexity index is 678. The van der Waals surface area contributed by atoms with Gasteiger partial charge in [0.15, 0.2) is 0 Å². The van der Waals surface area contributed by atoms with Crippen molar-refractivity contribution in [2.75, 3.05) is 13.1 Å². The van der Waals surface area contributed by atoms with Crippen LogP contribution in [-0.4, -0.2) is 39.5 Å². The number of hydrogen-bond donors (Lipinski definition) is 0. The predicted molar refractivity (Wildman–Crippen MR) is 81.3 cm³/mol. The smallest absolute Gasteiger partial charge is 0.410 e. The van der Waals surface area contributed by atoms with E-state index in [1.165, 1.54) is 5.56 Å². The zero-order chi connectivity index (χ0) is 15.2. The molecule has 0 N–H and O–H groups in total. The normalized spacial score (nSPS) is 16.1. The summed E-state index contributed by atoms with van der Waals surface area (Å²) in [4.78, 5) is 13.6. The number of ether oxygens (including phenoxy) is 1. The first-order valence-electron chi connectivity index (χ1n) is 7.25. The zero-order valence-electron chi connectivity index (χ0n) is 13.0. The van der Waals surface area contributed by atoms with E-state index in [1.54, 1.807) is 4.90 Å². The molecule has 0 bridgehead atoms. The molecule has 112 valence electrons. The molecule has 1 aromatic carbocycles. The third kappa shape index (κ3) is 2.86. The molecule has 0 saturated carbocycles. The van der Waals surface area contributed by atoms with E-state index in [2.05, 4.69) is 30.2 Å². The Kier molecular flexibility index (Phi) is 3.15. The van der Waals surface area contributed by atoms with Crippen LogP contribution in [0, 0.1) is 6.92 Å². The van der Waals surface area contributed by atoms with E-state index in [0.29, 0.717) is 13.1 Å². The van der Waals surface area contributed by atoms with E-state index in [4.69, 9.17) is 4.74 Å². The fourth-order valence-electron chi connectivity index (χ4n) is 2.43. The highest BCUT2D eigenvalue weighted by Gasteiger charge is 2.35. The van der Waals surface area contributed by atoms with Gasteiger partial charge in [0.05, 0.1) is 11.6 Å². The lowest BCUT2D eigenvalue weighted by molar-refractivity contribution is -0.000292. The molecule has 2 heterocycles. The first kappa shape index (κ1) is 13.9. The van der Waals surface area contributed by atoms with E-state index in [9.17, 15) is 4.79 Å². The molecule has 0 unspecified atom stereocenters. The van der Waals surface area contributed by atoms with Gasteiger partial charge in [-0.15, -0.1) is 0 Å². The fourth-order valence-corrected chi connectivity index (χ4v) is 2.43. The summed E-state index contributed by atoms with van der Waals surface area (Å²) < 4.78 is 7.32. The molecule has 0 atom stereocenters. The topological polar surface area (TPSA) is 47.4 Å². The van der Waals surface area contributed by atoms with Gasteiger partial charge in [-0.05, 0) is 39.3 Å². The molecule has 1 amide bonds. The van der Waals surface area contributed by atoms with Crippen LogP contribution in [0.1, 0.15) is 32.4 Å². The van der Waals surface area contributed by atoms with Gasteiger partial charge in [-0.1, -0.05) is 12.1 Å². The lowest BCUT2D eigenvalue weighted by Crippen LogP contribution is -2.52. The number of likely N-dealkylation sites (tertiary alicyclic amines) is 1. The molecule has 1 aliphatic rings. The summed E-state index contributed by atoms with van der Waals surface area (Å²) in [6.07, 6.45) is 1.80. The lowest BCUT2D eigenvalue weighted by atomic mass is 10.1. The molecule has 0 radical (unpaired) electrons. The standard InChI is InChI=1S/C16H21N3O2/c1-11-5-6-12-8-19(17-14(12)7-11)13-9-18(10-13)15(20)21-16(2,3)4/h5-8,13H,9-10H2,1-4H3. The molecule has 5 nitrogen and oxygen atoms in total. The molecule has 0 spiro atoms. The number of amides is 1. The first-order valence-corrected chi connectivity index (χ1v) is 7.25. The number of fused-ring (bicyclic) bond motifs is 1. The largest absolute Gasteiger partial charge is 0.444 e. The molecule has 21 heavy (non-hydrogen) atoms. The zero-order valence-corrected chi connectivity index (χ0v) is 13.0. The average molecular weight is 287 g/mol. The van der Waals surface area contributed by atoms with E-state index in [-0.39, 0.29) is 12.1 Å². The minimum Gasteiger partial charge on any atom is -0.444 e. The Morgan fingerprint density at radius 3 is 2.71 bits per heavy atom. The van der Waals surface area contributed by atoms with Crippen molar-refractivity contribution in [2.45, 2.75) is 39.3 Å². The number of carbonyl (C=O) groups is 1. The Balaban J connectivity index is 1.66. The van der Waals surface area contributed by atoms with Crippen LogP contribution in [0.5, 0.6) is 0 Å². The highest BCUT2D eigenvalue weighted by Crippen LogP contribution is 2.25. The van der Waals surface area contributed by atoms with Crippen LogP contribution in [0.25, 0.3) is 10.9 Å². The minimum absolute atomic E-state index is 0.241. The maximum Gasteiger partial charge on any atom is 0.410 e. The summed E-state index contributed by atoms with van der Waals surface area (Å²) in [5.41, 5.74) is 1.77. The number of carbonyl (C=O) groups excluding carboxylic acids is 1. The first-order chi connectivity index (χ1) is 9.82. The average Bonchev–Trinajstić information content (AvgIpc) is 2.66. The summed E-state index contributed by atoms with van der Waals surface area (Å²) in [7, 11) is 0. The van der Waals surface area contributed by atoms with Crippen LogP contribution in [-0.2, 0) is 4.74 Å². The minimum atomic E-state index is -0.444. The second-order valence-corrected chi connectivity index (χ2v) is 6.71. The summed E-state index contributed by atoms with van der Waals surface area (Å²) >= 11 is 0. The molecule has 1 fully saturated rings. The maximum atomic E-state index is 11.9. The van der Waals surface area contributed by atoms with Crippen LogP contribution in [0.15, 0.2) is 24.4 Å². The van der Waals surface area contributed by atoms with Gasteiger partial charge in [-0.2, -0.15) is 5.10 Å². The monoisotopic (exact) mass is 287 g/mol. The summed E-state index contributed by atoms with van der Waals surface area (Å²) in [5.74, 6) is 0. The third-order valence-corrected chi connectivity index (χ3v) is 3.57.